The van der Waals surface area contributed by atoms with Gasteiger partial charge < -0.3 is 9.47 Å². The standard InChI is InChI=1S/C17H17FO3/c1-2-20-17(19)11-14-5-3-4-6-16(14)21-12-13-7-9-15(18)10-8-13/h3-10H,2,11-12H2,1H3. The van der Waals surface area contributed by atoms with Crippen molar-refractivity contribution in [3.63, 3.8) is 0 Å². The molecule has 3 nitrogen and oxygen atoms in total. The third-order valence-electron chi connectivity index (χ3n) is 2.92. The van der Waals surface area contributed by atoms with Crippen LogP contribution in [-0.2, 0) is 22.6 Å². The van der Waals surface area contributed by atoms with Gasteiger partial charge in [-0.05, 0) is 30.7 Å². The van der Waals surface area contributed by atoms with E-state index in [2.05, 4.69) is 0 Å². The van der Waals surface area contributed by atoms with Crippen molar-refractivity contribution in [1.82, 2.24) is 0 Å². The van der Waals surface area contributed by atoms with Crippen molar-refractivity contribution in [2.24, 2.45) is 0 Å². The number of hydrogen-bond donors (Lipinski definition) is 0. The highest BCUT2D eigenvalue weighted by Gasteiger charge is 2.09. The maximum Gasteiger partial charge on any atom is 0.310 e. The molecule has 0 amide bonds. The van der Waals surface area contributed by atoms with Gasteiger partial charge in [-0.1, -0.05) is 30.3 Å². The summed E-state index contributed by atoms with van der Waals surface area (Å²) in [6.45, 7) is 2.45. The lowest BCUT2D eigenvalue weighted by Gasteiger charge is -2.11. The minimum absolute atomic E-state index is 0.174. The molecular formula is C17H17FO3. The Morgan fingerprint density at radius 1 is 1.10 bits per heavy atom. The maximum absolute atomic E-state index is 12.8. The summed E-state index contributed by atoms with van der Waals surface area (Å²) in [5, 5.41) is 0. The number of carbonyl (C=O) groups is 1. The normalized spacial score (nSPS) is 10.2. The predicted molar refractivity (Wildman–Crippen MR) is 77.5 cm³/mol. The van der Waals surface area contributed by atoms with E-state index < -0.39 is 0 Å². The van der Waals surface area contributed by atoms with Crippen LogP contribution in [0.2, 0.25) is 0 Å². The summed E-state index contributed by atoms with van der Waals surface area (Å²) in [5.41, 5.74) is 1.64. The highest BCUT2D eigenvalue weighted by Crippen LogP contribution is 2.20. The number of esters is 1. The molecule has 0 N–H and O–H groups in total. The average molecular weight is 288 g/mol. The molecule has 21 heavy (non-hydrogen) atoms. The molecule has 0 bridgehead atoms. The molecule has 0 saturated carbocycles. The smallest absolute Gasteiger partial charge is 0.310 e. The first-order valence-electron chi connectivity index (χ1n) is 6.80. The summed E-state index contributed by atoms with van der Waals surface area (Å²) in [6.07, 6.45) is 0.174. The van der Waals surface area contributed by atoms with E-state index in [0.717, 1.165) is 11.1 Å². The Morgan fingerprint density at radius 2 is 1.81 bits per heavy atom. The Bertz CT molecular complexity index is 593. The van der Waals surface area contributed by atoms with Gasteiger partial charge in [0.25, 0.3) is 0 Å². The van der Waals surface area contributed by atoms with E-state index in [1.54, 1.807) is 25.1 Å². The number of ether oxygens (including phenoxy) is 2. The zero-order valence-electron chi connectivity index (χ0n) is 11.8. The van der Waals surface area contributed by atoms with Crippen LogP contribution in [0.5, 0.6) is 5.75 Å². The van der Waals surface area contributed by atoms with Crippen LogP contribution in [0.15, 0.2) is 48.5 Å². The van der Waals surface area contributed by atoms with Crippen LogP contribution >= 0.6 is 0 Å². The third kappa shape index (κ3) is 4.60. The molecule has 0 aliphatic carbocycles. The fourth-order valence-electron chi connectivity index (χ4n) is 1.90. The van der Waals surface area contributed by atoms with E-state index in [1.807, 2.05) is 18.2 Å². The molecule has 0 aliphatic rings. The zero-order valence-corrected chi connectivity index (χ0v) is 11.8. The third-order valence-corrected chi connectivity index (χ3v) is 2.92. The fraction of sp³-hybridized carbons (Fsp3) is 0.235. The van der Waals surface area contributed by atoms with Gasteiger partial charge in [-0.15, -0.1) is 0 Å². The van der Waals surface area contributed by atoms with Gasteiger partial charge in [-0.2, -0.15) is 0 Å². The highest BCUT2D eigenvalue weighted by atomic mass is 19.1. The number of halogens is 1. The van der Waals surface area contributed by atoms with E-state index in [0.29, 0.717) is 19.0 Å². The summed E-state index contributed by atoms with van der Waals surface area (Å²) in [4.78, 5) is 11.6. The molecule has 110 valence electrons. The number of carbonyl (C=O) groups excluding carboxylic acids is 1. The molecule has 0 spiro atoms. The molecule has 0 unspecified atom stereocenters. The number of hydrogen-bond acceptors (Lipinski definition) is 3. The van der Waals surface area contributed by atoms with Crippen LogP contribution in [0.3, 0.4) is 0 Å². The van der Waals surface area contributed by atoms with Crippen LogP contribution < -0.4 is 4.74 Å². The van der Waals surface area contributed by atoms with Crippen LogP contribution in [-0.4, -0.2) is 12.6 Å². The molecule has 0 aliphatic heterocycles. The van der Waals surface area contributed by atoms with Crippen molar-refractivity contribution in [2.75, 3.05) is 6.61 Å². The van der Waals surface area contributed by atoms with Crippen molar-refractivity contribution < 1.29 is 18.7 Å². The lowest BCUT2D eigenvalue weighted by molar-refractivity contribution is -0.142. The minimum Gasteiger partial charge on any atom is -0.489 e. The van der Waals surface area contributed by atoms with Crippen LogP contribution in [0.25, 0.3) is 0 Å². The first kappa shape index (κ1) is 15.0. The fourth-order valence-corrected chi connectivity index (χ4v) is 1.90. The molecular weight excluding hydrogens is 271 g/mol. The van der Waals surface area contributed by atoms with E-state index in [1.165, 1.54) is 12.1 Å². The second-order valence-electron chi connectivity index (χ2n) is 4.50. The predicted octanol–water partition coefficient (Wildman–Crippen LogP) is 3.51. The highest BCUT2D eigenvalue weighted by molar-refractivity contribution is 5.73. The summed E-state index contributed by atoms with van der Waals surface area (Å²) in [6, 6.07) is 13.4. The lowest BCUT2D eigenvalue weighted by Crippen LogP contribution is -2.09. The molecule has 4 heteroatoms. The van der Waals surface area contributed by atoms with E-state index in [9.17, 15) is 9.18 Å². The number of rotatable bonds is 6. The molecule has 2 aromatic rings. The van der Waals surface area contributed by atoms with Crippen molar-refractivity contribution in [3.05, 3.63) is 65.5 Å². The SMILES string of the molecule is CCOC(=O)Cc1ccccc1OCc1ccc(F)cc1. The molecule has 0 saturated heterocycles. The first-order chi connectivity index (χ1) is 10.2. The van der Waals surface area contributed by atoms with Gasteiger partial charge in [0, 0.05) is 5.56 Å². The summed E-state index contributed by atoms with van der Waals surface area (Å²) in [7, 11) is 0. The van der Waals surface area contributed by atoms with Gasteiger partial charge in [0.15, 0.2) is 0 Å². The van der Waals surface area contributed by atoms with Gasteiger partial charge in [-0.3, -0.25) is 4.79 Å². The van der Waals surface area contributed by atoms with Crippen molar-refractivity contribution in [2.45, 2.75) is 20.0 Å². The summed E-state index contributed by atoms with van der Waals surface area (Å²) < 4.78 is 23.5. The Labute approximate surface area is 123 Å². The van der Waals surface area contributed by atoms with Gasteiger partial charge in [0.05, 0.1) is 13.0 Å². The van der Waals surface area contributed by atoms with E-state index in [-0.39, 0.29) is 18.2 Å². The molecule has 2 rings (SSSR count). The summed E-state index contributed by atoms with van der Waals surface area (Å²) >= 11 is 0. The first-order valence-corrected chi connectivity index (χ1v) is 6.80. The Morgan fingerprint density at radius 3 is 2.52 bits per heavy atom. The van der Waals surface area contributed by atoms with E-state index in [4.69, 9.17) is 9.47 Å². The molecule has 0 aromatic heterocycles. The molecule has 2 aromatic carbocycles. The van der Waals surface area contributed by atoms with E-state index >= 15 is 0 Å². The van der Waals surface area contributed by atoms with Crippen molar-refractivity contribution in [1.29, 1.82) is 0 Å². The summed E-state index contributed by atoms with van der Waals surface area (Å²) in [5.74, 6) is 0.0756. The maximum atomic E-state index is 12.8. The van der Waals surface area contributed by atoms with Gasteiger partial charge >= 0.3 is 5.97 Å². The largest absolute Gasteiger partial charge is 0.489 e. The van der Waals surface area contributed by atoms with Crippen molar-refractivity contribution in [3.8, 4) is 5.75 Å². The second-order valence-corrected chi connectivity index (χ2v) is 4.50. The lowest BCUT2D eigenvalue weighted by atomic mass is 10.1. The quantitative estimate of drug-likeness (QED) is 0.763. The average Bonchev–Trinajstić information content (AvgIpc) is 2.48. The minimum atomic E-state index is -0.282. The zero-order chi connectivity index (χ0) is 15.1. The van der Waals surface area contributed by atoms with Crippen LogP contribution in [0.4, 0.5) is 4.39 Å². The molecule has 0 fully saturated rings. The molecule has 0 radical (unpaired) electrons. The Balaban J connectivity index is 2.02. The van der Waals surface area contributed by atoms with Crippen molar-refractivity contribution >= 4 is 5.97 Å². The molecule has 0 atom stereocenters. The van der Waals surface area contributed by atoms with Crippen LogP contribution in [0.1, 0.15) is 18.1 Å². The monoisotopic (exact) mass is 288 g/mol. The van der Waals surface area contributed by atoms with Gasteiger partial charge in [0.2, 0.25) is 0 Å². The van der Waals surface area contributed by atoms with Gasteiger partial charge in [0.1, 0.15) is 18.2 Å². The van der Waals surface area contributed by atoms with Gasteiger partial charge in [-0.25, -0.2) is 4.39 Å². The van der Waals surface area contributed by atoms with Crippen LogP contribution in [0, 0.1) is 5.82 Å². The number of para-hydroxylation sites is 1. The topological polar surface area (TPSA) is 35.5 Å². The Hall–Kier alpha value is -2.36. The molecule has 0 heterocycles. The second kappa shape index (κ2) is 7.43. The number of benzene rings is 2. The Kier molecular flexibility index (Phi) is 5.32.